The molecular formula is C18H20N2O7. The fraction of sp³-hybridized carbons (Fsp3) is 0.444. The average molecular weight is 376 g/mol. The zero-order chi connectivity index (χ0) is 19.1. The molecule has 27 heavy (non-hydrogen) atoms. The second-order valence-corrected chi connectivity index (χ2v) is 6.70. The molecule has 1 aromatic heterocycles. The first-order chi connectivity index (χ1) is 13.0. The Hall–Kier alpha value is -2.30. The maximum absolute atomic E-state index is 12.1. The first-order valence-corrected chi connectivity index (χ1v) is 8.61. The van der Waals surface area contributed by atoms with Crippen LogP contribution in [0.4, 0.5) is 0 Å². The van der Waals surface area contributed by atoms with Crippen molar-refractivity contribution in [3.8, 4) is 0 Å². The van der Waals surface area contributed by atoms with E-state index in [-0.39, 0.29) is 12.2 Å². The molecule has 4 rings (SSSR count). The Morgan fingerprint density at radius 1 is 1.11 bits per heavy atom. The molecule has 9 nitrogen and oxygen atoms in total. The summed E-state index contributed by atoms with van der Waals surface area (Å²) in [6.07, 6.45) is -4.81. The summed E-state index contributed by atoms with van der Waals surface area (Å²) in [4.78, 5) is 25.8. The van der Waals surface area contributed by atoms with Gasteiger partial charge in [0.25, 0.3) is 5.56 Å². The smallest absolute Gasteiger partial charge is 0.330 e. The quantitative estimate of drug-likeness (QED) is 0.650. The largest absolute Gasteiger partial charge is 0.387 e. The average Bonchev–Trinajstić information content (AvgIpc) is 2.68. The van der Waals surface area contributed by atoms with Crippen LogP contribution in [0.3, 0.4) is 0 Å². The molecule has 2 aliphatic heterocycles. The van der Waals surface area contributed by atoms with Gasteiger partial charge in [-0.05, 0) is 6.92 Å². The van der Waals surface area contributed by atoms with E-state index in [4.69, 9.17) is 14.2 Å². The molecule has 6 atom stereocenters. The molecule has 144 valence electrons. The Balaban J connectivity index is 1.59. The summed E-state index contributed by atoms with van der Waals surface area (Å²) in [7, 11) is 0. The third-order valence-corrected chi connectivity index (χ3v) is 4.84. The van der Waals surface area contributed by atoms with Crippen LogP contribution < -0.4 is 11.2 Å². The molecule has 0 aliphatic carbocycles. The van der Waals surface area contributed by atoms with Gasteiger partial charge in [0, 0.05) is 17.3 Å². The zero-order valence-corrected chi connectivity index (χ0v) is 14.5. The number of benzene rings is 1. The van der Waals surface area contributed by atoms with Gasteiger partial charge in [-0.1, -0.05) is 30.3 Å². The highest BCUT2D eigenvalue weighted by molar-refractivity contribution is 5.16. The lowest BCUT2D eigenvalue weighted by Gasteiger charge is -2.46. The molecule has 0 radical (unpaired) electrons. The minimum atomic E-state index is -1.43. The lowest BCUT2D eigenvalue weighted by molar-refractivity contribution is -0.339. The number of fused-ring (bicyclic) bond motifs is 1. The monoisotopic (exact) mass is 376 g/mol. The van der Waals surface area contributed by atoms with Gasteiger partial charge in [-0.3, -0.25) is 14.3 Å². The summed E-state index contributed by atoms with van der Waals surface area (Å²) in [6, 6.07) is 9.23. The molecule has 2 aliphatic rings. The topological polar surface area (TPSA) is 123 Å². The molecule has 3 N–H and O–H groups in total. The number of aromatic amines is 1. The van der Waals surface area contributed by atoms with Gasteiger partial charge in [0.2, 0.25) is 0 Å². The van der Waals surface area contributed by atoms with Gasteiger partial charge in [-0.15, -0.1) is 0 Å². The van der Waals surface area contributed by atoms with Crippen LogP contribution in [0.1, 0.15) is 23.6 Å². The number of rotatable bonds is 2. The van der Waals surface area contributed by atoms with Crippen molar-refractivity contribution in [2.75, 3.05) is 6.61 Å². The van der Waals surface area contributed by atoms with E-state index in [1.807, 2.05) is 30.3 Å². The molecule has 1 unspecified atom stereocenters. The van der Waals surface area contributed by atoms with Crippen molar-refractivity contribution in [3.05, 3.63) is 68.5 Å². The van der Waals surface area contributed by atoms with E-state index in [0.29, 0.717) is 0 Å². The van der Waals surface area contributed by atoms with Crippen molar-refractivity contribution in [1.29, 1.82) is 0 Å². The molecule has 9 heteroatoms. The SMILES string of the molecule is Cc1cn([C@@H]2O[C@@H]3COC(c4ccccc4)O[C@H]3[C@H](O)[C@H]2O)c(=O)[nH]c1=O. The first-order valence-electron chi connectivity index (χ1n) is 8.61. The molecule has 2 fully saturated rings. The van der Waals surface area contributed by atoms with E-state index in [1.165, 1.54) is 13.1 Å². The number of aryl methyl sites for hydroxylation is 1. The van der Waals surface area contributed by atoms with E-state index >= 15 is 0 Å². The highest BCUT2D eigenvalue weighted by Crippen LogP contribution is 2.36. The predicted octanol–water partition coefficient (Wildman–Crippen LogP) is -0.422. The van der Waals surface area contributed by atoms with Crippen LogP contribution in [0.5, 0.6) is 0 Å². The standard InChI is InChI=1S/C18H20N2O7/c1-9-7-20(18(24)19-15(9)23)16-13(22)12(21)14-11(26-16)8-25-17(27-14)10-5-3-2-4-6-10/h2-7,11-14,16-17,21-22H,8H2,1H3,(H,19,23,24)/t11-,12-,13-,14-,16-,17?/m1/s1. The molecule has 2 aromatic rings. The predicted molar refractivity (Wildman–Crippen MR) is 92.0 cm³/mol. The fourth-order valence-electron chi connectivity index (χ4n) is 3.38. The van der Waals surface area contributed by atoms with Crippen LogP contribution in [0.25, 0.3) is 0 Å². The summed E-state index contributed by atoms with van der Waals surface area (Å²) >= 11 is 0. The fourth-order valence-corrected chi connectivity index (χ4v) is 3.38. The molecule has 0 bridgehead atoms. The number of nitrogens with one attached hydrogen (secondary N) is 1. The number of nitrogens with zero attached hydrogens (tertiary/aromatic N) is 1. The minimum Gasteiger partial charge on any atom is -0.387 e. The Morgan fingerprint density at radius 3 is 2.59 bits per heavy atom. The molecule has 3 heterocycles. The van der Waals surface area contributed by atoms with Crippen molar-refractivity contribution >= 4 is 0 Å². The molecule has 0 saturated carbocycles. The Kier molecular flexibility index (Phi) is 4.70. The van der Waals surface area contributed by atoms with E-state index in [1.54, 1.807) is 0 Å². The van der Waals surface area contributed by atoms with Crippen LogP contribution in [0.15, 0.2) is 46.1 Å². The van der Waals surface area contributed by atoms with Crippen LogP contribution >= 0.6 is 0 Å². The normalized spacial score (nSPS) is 33.4. The van der Waals surface area contributed by atoms with Gasteiger partial charge >= 0.3 is 5.69 Å². The van der Waals surface area contributed by atoms with Crippen LogP contribution in [-0.4, -0.2) is 50.8 Å². The van der Waals surface area contributed by atoms with Gasteiger partial charge in [0.15, 0.2) is 12.5 Å². The van der Waals surface area contributed by atoms with E-state index in [9.17, 15) is 19.8 Å². The molecule has 2 saturated heterocycles. The third-order valence-electron chi connectivity index (χ3n) is 4.84. The van der Waals surface area contributed by atoms with Gasteiger partial charge in [0.1, 0.15) is 24.4 Å². The van der Waals surface area contributed by atoms with Crippen molar-refractivity contribution in [2.24, 2.45) is 0 Å². The van der Waals surface area contributed by atoms with Crippen molar-refractivity contribution in [2.45, 2.75) is 43.9 Å². The number of ether oxygens (including phenoxy) is 3. The highest BCUT2D eigenvalue weighted by atomic mass is 16.7. The van der Waals surface area contributed by atoms with Gasteiger partial charge in [-0.25, -0.2) is 4.79 Å². The maximum atomic E-state index is 12.1. The minimum absolute atomic E-state index is 0.113. The van der Waals surface area contributed by atoms with Crippen molar-refractivity contribution in [1.82, 2.24) is 9.55 Å². The van der Waals surface area contributed by atoms with E-state index in [2.05, 4.69) is 4.98 Å². The summed E-state index contributed by atoms with van der Waals surface area (Å²) < 4.78 is 18.4. The summed E-state index contributed by atoms with van der Waals surface area (Å²) in [6.45, 7) is 1.64. The van der Waals surface area contributed by atoms with E-state index < -0.39 is 48.2 Å². The number of aliphatic hydroxyl groups is 2. The Morgan fingerprint density at radius 2 is 1.85 bits per heavy atom. The second kappa shape index (κ2) is 7.02. The van der Waals surface area contributed by atoms with Gasteiger partial charge in [0.05, 0.1) is 6.61 Å². The third kappa shape index (κ3) is 3.24. The van der Waals surface area contributed by atoms with Crippen LogP contribution in [0, 0.1) is 6.92 Å². The lowest BCUT2D eigenvalue weighted by atomic mass is 9.97. The highest BCUT2D eigenvalue weighted by Gasteiger charge is 2.49. The van der Waals surface area contributed by atoms with Gasteiger partial charge in [-0.2, -0.15) is 0 Å². The van der Waals surface area contributed by atoms with Crippen molar-refractivity contribution < 1.29 is 24.4 Å². The van der Waals surface area contributed by atoms with Gasteiger partial charge < -0.3 is 24.4 Å². The first kappa shape index (κ1) is 18.1. The maximum Gasteiger partial charge on any atom is 0.330 e. The zero-order valence-electron chi connectivity index (χ0n) is 14.5. The van der Waals surface area contributed by atoms with E-state index in [0.717, 1.165) is 10.1 Å². The number of H-pyrrole nitrogens is 1. The molecular weight excluding hydrogens is 356 g/mol. The molecule has 0 amide bonds. The second-order valence-electron chi connectivity index (χ2n) is 6.70. The summed E-state index contributed by atoms with van der Waals surface area (Å²) in [5, 5.41) is 21.1. The number of aromatic nitrogens is 2. The van der Waals surface area contributed by atoms with Crippen molar-refractivity contribution in [3.63, 3.8) is 0 Å². The molecule has 1 aromatic carbocycles. The number of hydrogen-bond donors (Lipinski definition) is 3. The Labute approximate surface area is 153 Å². The number of hydrogen-bond acceptors (Lipinski definition) is 7. The van der Waals surface area contributed by atoms with Crippen LogP contribution in [-0.2, 0) is 14.2 Å². The Bertz CT molecular complexity index is 923. The van der Waals surface area contributed by atoms with Crippen LogP contribution in [0.2, 0.25) is 0 Å². The molecule has 0 spiro atoms. The summed E-state index contributed by atoms with van der Waals surface area (Å²) in [5.41, 5.74) is -0.190. The summed E-state index contributed by atoms with van der Waals surface area (Å²) in [5.74, 6) is 0. The lowest BCUT2D eigenvalue weighted by Crippen LogP contribution is -2.61. The number of aliphatic hydroxyl groups excluding tert-OH is 2.